The molecule has 1 atom stereocenters. The number of carbonyl (C=O) groups is 1. The highest BCUT2D eigenvalue weighted by Gasteiger charge is 2.31. The molecule has 1 heterocycles. The lowest BCUT2D eigenvalue weighted by Crippen LogP contribution is -2.49. The number of hydrogen-bond acceptors (Lipinski definition) is 7. The van der Waals surface area contributed by atoms with Crippen LogP contribution in [0.4, 0.5) is 0 Å². The summed E-state index contributed by atoms with van der Waals surface area (Å²) in [5, 5.41) is 20.7. The van der Waals surface area contributed by atoms with Crippen LogP contribution in [0.1, 0.15) is 31.7 Å². The first-order valence-corrected chi connectivity index (χ1v) is 13.9. The molecule has 0 aliphatic carbocycles. The van der Waals surface area contributed by atoms with E-state index in [1.54, 1.807) is 12.1 Å². The van der Waals surface area contributed by atoms with Gasteiger partial charge < -0.3 is 15.2 Å². The van der Waals surface area contributed by atoms with Crippen LogP contribution in [0.25, 0.3) is 11.1 Å². The highest BCUT2D eigenvalue weighted by Crippen LogP contribution is 2.34. The number of benzene rings is 2. The summed E-state index contributed by atoms with van der Waals surface area (Å²) in [6.07, 6.45) is 0.616. The molecule has 2 aromatic rings. The monoisotopic (exact) mass is 528 g/mol. The second kappa shape index (κ2) is 13.0. The average molecular weight is 529 g/mol. The minimum atomic E-state index is -3.82. The number of amides is 1. The number of nitrogens with one attached hydrogen (secondary N) is 1. The quantitative estimate of drug-likeness (QED) is 0.430. The average Bonchev–Trinajstić information content (AvgIpc) is 2.90. The second-order valence-electron chi connectivity index (χ2n) is 9.52. The number of nitrogens with zero attached hydrogens (tertiary/aromatic N) is 3. The Labute approximate surface area is 219 Å². The maximum Gasteiger partial charge on any atom is 0.246 e. The Hall–Kier alpha value is -2.97. The summed E-state index contributed by atoms with van der Waals surface area (Å²) < 4.78 is 34.1. The lowest BCUT2D eigenvalue weighted by Gasteiger charge is -2.33. The third-order valence-corrected chi connectivity index (χ3v) is 8.44. The molecule has 1 unspecified atom stereocenters. The number of aliphatic hydroxyl groups is 1. The van der Waals surface area contributed by atoms with Gasteiger partial charge in [0.25, 0.3) is 0 Å². The van der Waals surface area contributed by atoms with Gasteiger partial charge in [0.15, 0.2) is 0 Å². The van der Waals surface area contributed by atoms with Crippen molar-refractivity contribution in [3.05, 3.63) is 48.0 Å². The van der Waals surface area contributed by atoms with Gasteiger partial charge in [-0.3, -0.25) is 9.69 Å². The molecule has 37 heavy (non-hydrogen) atoms. The van der Waals surface area contributed by atoms with Gasteiger partial charge in [0.1, 0.15) is 17.2 Å². The maximum absolute atomic E-state index is 13.6. The molecule has 200 valence electrons. The molecule has 0 bridgehead atoms. The minimum absolute atomic E-state index is 0.0414. The fourth-order valence-corrected chi connectivity index (χ4v) is 6.19. The Bertz CT molecular complexity index is 1220. The Morgan fingerprint density at radius 1 is 1.14 bits per heavy atom. The van der Waals surface area contributed by atoms with Crippen LogP contribution in [0.5, 0.6) is 5.75 Å². The number of β-amino-alcohol motifs (C(OH)–C–C–N with tert-alkyl or cyclic N) is 1. The van der Waals surface area contributed by atoms with Crippen LogP contribution in [0, 0.1) is 17.2 Å². The number of aliphatic hydroxyl groups excluding tert-OH is 1. The van der Waals surface area contributed by atoms with Gasteiger partial charge in [-0.2, -0.15) is 9.57 Å². The fraction of sp³-hybridized carbons (Fsp3) is 0.481. The van der Waals surface area contributed by atoms with E-state index in [2.05, 4.69) is 5.32 Å². The van der Waals surface area contributed by atoms with Crippen molar-refractivity contribution in [2.45, 2.75) is 31.1 Å². The van der Waals surface area contributed by atoms with E-state index in [4.69, 9.17) is 15.1 Å². The Morgan fingerprint density at radius 3 is 2.46 bits per heavy atom. The predicted octanol–water partition coefficient (Wildman–Crippen LogP) is 2.43. The normalized spacial score (nSPS) is 15.8. The van der Waals surface area contributed by atoms with Gasteiger partial charge >= 0.3 is 0 Å². The van der Waals surface area contributed by atoms with Gasteiger partial charge in [-0.05, 0) is 41.2 Å². The van der Waals surface area contributed by atoms with E-state index in [-0.39, 0.29) is 35.6 Å². The highest BCUT2D eigenvalue weighted by molar-refractivity contribution is 7.89. The Kier molecular flexibility index (Phi) is 10.1. The smallest absolute Gasteiger partial charge is 0.246 e. The minimum Gasteiger partial charge on any atom is -0.495 e. The van der Waals surface area contributed by atoms with Crippen molar-refractivity contribution >= 4 is 15.9 Å². The number of methoxy groups -OCH3 is 1. The lowest BCUT2D eigenvalue weighted by molar-refractivity contribution is -0.122. The van der Waals surface area contributed by atoms with E-state index in [0.29, 0.717) is 44.7 Å². The molecule has 1 saturated heterocycles. The summed E-state index contributed by atoms with van der Waals surface area (Å²) in [6.45, 7) is 6.36. The van der Waals surface area contributed by atoms with Gasteiger partial charge in [-0.15, -0.1) is 0 Å². The first-order valence-electron chi connectivity index (χ1n) is 12.5. The molecule has 0 saturated carbocycles. The van der Waals surface area contributed by atoms with Gasteiger partial charge in [-0.1, -0.05) is 44.2 Å². The SMILES string of the molecule is COc1ccc(-c2cccc(C(CC(C)C)C(=O)NCC#N)c2)cc1S(=O)(=O)N1CCN(CCO)CC1. The molecule has 1 amide bonds. The maximum atomic E-state index is 13.6. The molecule has 2 N–H and O–H groups in total. The van der Waals surface area contributed by atoms with Crippen molar-refractivity contribution in [3.8, 4) is 22.9 Å². The van der Waals surface area contributed by atoms with Crippen molar-refractivity contribution in [1.29, 1.82) is 5.26 Å². The topological polar surface area (TPSA) is 123 Å². The molecule has 1 aliphatic rings. The Balaban J connectivity index is 1.95. The number of hydrogen-bond donors (Lipinski definition) is 2. The van der Waals surface area contributed by atoms with E-state index in [1.807, 2.05) is 55.1 Å². The van der Waals surface area contributed by atoms with Crippen molar-refractivity contribution in [2.75, 3.05) is 53.0 Å². The molecule has 10 heteroatoms. The van der Waals surface area contributed by atoms with Crippen molar-refractivity contribution in [3.63, 3.8) is 0 Å². The summed E-state index contributed by atoms with van der Waals surface area (Å²) >= 11 is 0. The van der Waals surface area contributed by atoms with Gasteiger partial charge in [0.2, 0.25) is 15.9 Å². The van der Waals surface area contributed by atoms with E-state index >= 15 is 0 Å². The molecule has 0 radical (unpaired) electrons. The standard InChI is InChI=1S/C27H36N4O5S/c1-20(2)17-24(27(33)29-10-9-28)23-6-4-5-21(18-23)22-7-8-25(36-3)26(19-22)37(34,35)31-13-11-30(12-14-31)15-16-32/h4-8,18-20,24,32H,10-17H2,1-3H3,(H,29,33). The van der Waals surface area contributed by atoms with Crippen LogP contribution in [-0.4, -0.2) is 81.6 Å². The third kappa shape index (κ3) is 7.08. The zero-order valence-corrected chi connectivity index (χ0v) is 22.5. The van der Waals surface area contributed by atoms with Gasteiger partial charge in [0.05, 0.1) is 25.7 Å². The van der Waals surface area contributed by atoms with Crippen molar-refractivity contribution in [1.82, 2.24) is 14.5 Å². The molecular formula is C27H36N4O5S. The van der Waals surface area contributed by atoms with Crippen LogP contribution in [0.3, 0.4) is 0 Å². The van der Waals surface area contributed by atoms with Crippen molar-refractivity contribution < 1.29 is 23.1 Å². The second-order valence-corrected chi connectivity index (χ2v) is 11.4. The van der Waals surface area contributed by atoms with E-state index in [0.717, 1.165) is 11.1 Å². The molecule has 3 rings (SSSR count). The summed E-state index contributed by atoms with van der Waals surface area (Å²) in [7, 11) is -2.37. The molecule has 0 aromatic heterocycles. The summed E-state index contributed by atoms with van der Waals surface area (Å²) in [6, 6.07) is 14.6. The highest BCUT2D eigenvalue weighted by atomic mass is 32.2. The number of nitriles is 1. The summed E-state index contributed by atoms with van der Waals surface area (Å²) in [5.74, 6) is -0.0981. The third-order valence-electron chi connectivity index (χ3n) is 6.52. The first-order chi connectivity index (χ1) is 17.7. The van der Waals surface area contributed by atoms with Crippen LogP contribution < -0.4 is 10.1 Å². The zero-order valence-electron chi connectivity index (χ0n) is 21.7. The van der Waals surface area contributed by atoms with E-state index in [1.165, 1.54) is 11.4 Å². The van der Waals surface area contributed by atoms with E-state index < -0.39 is 15.9 Å². The summed E-state index contributed by atoms with van der Waals surface area (Å²) in [5.41, 5.74) is 2.29. The fourth-order valence-electron chi connectivity index (χ4n) is 4.58. The zero-order chi connectivity index (χ0) is 27.0. The number of rotatable bonds is 11. The van der Waals surface area contributed by atoms with Gasteiger partial charge in [-0.25, -0.2) is 8.42 Å². The number of carbonyl (C=O) groups excluding carboxylic acids is 1. The predicted molar refractivity (Wildman–Crippen MR) is 142 cm³/mol. The first kappa shape index (κ1) is 28.6. The van der Waals surface area contributed by atoms with Crippen LogP contribution in [-0.2, 0) is 14.8 Å². The Morgan fingerprint density at radius 2 is 1.84 bits per heavy atom. The number of piperazine rings is 1. The lowest BCUT2D eigenvalue weighted by atomic mass is 9.88. The molecular weight excluding hydrogens is 492 g/mol. The van der Waals surface area contributed by atoms with Crippen LogP contribution >= 0.6 is 0 Å². The molecule has 1 aliphatic heterocycles. The van der Waals surface area contributed by atoms with Crippen LogP contribution in [0.15, 0.2) is 47.4 Å². The van der Waals surface area contributed by atoms with Crippen molar-refractivity contribution in [2.24, 2.45) is 5.92 Å². The van der Waals surface area contributed by atoms with Crippen LogP contribution in [0.2, 0.25) is 0 Å². The number of ether oxygens (including phenoxy) is 1. The molecule has 9 nitrogen and oxygen atoms in total. The molecule has 1 fully saturated rings. The summed E-state index contributed by atoms with van der Waals surface area (Å²) in [4.78, 5) is 14.9. The number of sulfonamides is 1. The molecule has 2 aromatic carbocycles. The van der Waals surface area contributed by atoms with E-state index in [9.17, 15) is 13.2 Å². The molecule has 0 spiro atoms. The van der Waals surface area contributed by atoms with Gasteiger partial charge in [0, 0.05) is 32.7 Å². The largest absolute Gasteiger partial charge is 0.495 e.